The standard InChI is InChI=1S/C25H21ClN2O4/c26-19-9-5-17(6-10-19)15-32-22-4-2-1-3-21(22)25(31)27-20-11-7-16(8-12-20)13-18-14-23(29)28-24(18)30/h1-12,18H,13-15H2,(H,27,31)(H,28,29,30). The summed E-state index contributed by atoms with van der Waals surface area (Å²) in [6, 6.07) is 21.6. The van der Waals surface area contributed by atoms with E-state index in [1.165, 1.54) is 0 Å². The molecule has 1 aliphatic heterocycles. The van der Waals surface area contributed by atoms with Gasteiger partial charge in [-0.3, -0.25) is 19.7 Å². The molecule has 1 fully saturated rings. The Kier molecular flexibility index (Phi) is 6.52. The second-order valence-corrected chi connectivity index (χ2v) is 8.02. The molecule has 0 aromatic heterocycles. The normalized spacial score (nSPS) is 15.3. The van der Waals surface area contributed by atoms with Crippen molar-refractivity contribution in [3.63, 3.8) is 0 Å². The van der Waals surface area contributed by atoms with Crippen LogP contribution in [0.1, 0.15) is 27.9 Å². The zero-order valence-corrected chi connectivity index (χ0v) is 17.9. The van der Waals surface area contributed by atoms with Gasteiger partial charge in [0.05, 0.1) is 11.5 Å². The van der Waals surface area contributed by atoms with Crippen LogP contribution in [0.15, 0.2) is 72.8 Å². The Balaban J connectivity index is 1.39. The minimum Gasteiger partial charge on any atom is -0.488 e. The SMILES string of the molecule is O=C1CC(Cc2ccc(NC(=O)c3ccccc3OCc3ccc(Cl)cc3)cc2)C(=O)N1. The third kappa shape index (κ3) is 5.34. The molecule has 1 saturated heterocycles. The van der Waals surface area contributed by atoms with Crippen molar-refractivity contribution >= 4 is 35.0 Å². The number of rotatable bonds is 7. The number of hydrogen-bond acceptors (Lipinski definition) is 4. The predicted octanol–water partition coefficient (Wildman–Crippen LogP) is 4.38. The van der Waals surface area contributed by atoms with Crippen LogP contribution in [0.2, 0.25) is 5.02 Å². The molecule has 1 unspecified atom stereocenters. The highest BCUT2D eigenvalue weighted by Gasteiger charge is 2.30. The average Bonchev–Trinajstić information content (AvgIpc) is 3.11. The maximum absolute atomic E-state index is 12.8. The van der Waals surface area contributed by atoms with Gasteiger partial charge in [0, 0.05) is 17.1 Å². The number of nitrogens with one attached hydrogen (secondary N) is 2. The van der Waals surface area contributed by atoms with Crippen LogP contribution in [-0.4, -0.2) is 17.7 Å². The summed E-state index contributed by atoms with van der Waals surface area (Å²) >= 11 is 5.91. The van der Waals surface area contributed by atoms with Crippen molar-refractivity contribution in [2.24, 2.45) is 5.92 Å². The fraction of sp³-hybridized carbons (Fsp3) is 0.160. The van der Waals surface area contributed by atoms with Crippen LogP contribution in [-0.2, 0) is 22.6 Å². The van der Waals surface area contributed by atoms with Crippen molar-refractivity contribution in [1.82, 2.24) is 5.32 Å². The molecule has 0 bridgehead atoms. The molecule has 3 aromatic carbocycles. The number of ether oxygens (including phenoxy) is 1. The van der Waals surface area contributed by atoms with Gasteiger partial charge in [0.1, 0.15) is 12.4 Å². The van der Waals surface area contributed by atoms with E-state index >= 15 is 0 Å². The zero-order valence-electron chi connectivity index (χ0n) is 17.1. The number of benzene rings is 3. The van der Waals surface area contributed by atoms with E-state index in [-0.39, 0.29) is 30.1 Å². The molecule has 0 aliphatic carbocycles. The highest BCUT2D eigenvalue weighted by Crippen LogP contribution is 2.23. The molecule has 1 atom stereocenters. The molecule has 0 spiro atoms. The van der Waals surface area contributed by atoms with E-state index in [4.69, 9.17) is 16.3 Å². The summed E-state index contributed by atoms with van der Waals surface area (Å²) in [5, 5.41) is 5.84. The largest absolute Gasteiger partial charge is 0.488 e. The minimum absolute atomic E-state index is 0.212. The summed E-state index contributed by atoms with van der Waals surface area (Å²) in [6.45, 7) is 0.313. The number of amides is 3. The van der Waals surface area contributed by atoms with E-state index in [0.717, 1.165) is 11.1 Å². The molecule has 2 N–H and O–H groups in total. The van der Waals surface area contributed by atoms with E-state index in [1.54, 1.807) is 42.5 Å². The molecule has 0 saturated carbocycles. The fourth-order valence-corrected chi connectivity index (χ4v) is 3.63. The summed E-state index contributed by atoms with van der Waals surface area (Å²) in [5.41, 5.74) is 2.91. The van der Waals surface area contributed by atoms with E-state index in [0.29, 0.717) is 35.1 Å². The van der Waals surface area contributed by atoms with Gasteiger partial charge in [-0.1, -0.05) is 48.0 Å². The third-order valence-electron chi connectivity index (χ3n) is 5.20. The van der Waals surface area contributed by atoms with Crippen LogP contribution in [0.4, 0.5) is 5.69 Å². The first kappa shape index (κ1) is 21.6. The van der Waals surface area contributed by atoms with E-state index in [1.807, 2.05) is 30.3 Å². The van der Waals surface area contributed by atoms with Crippen molar-refractivity contribution in [1.29, 1.82) is 0 Å². The fourth-order valence-electron chi connectivity index (χ4n) is 3.50. The van der Waals surface area contributed by atoms with Crippen LogP contribution in [0.3, 0.4) is 0 Å². The second-order valence-electron chi connectivity index (χ2n) is 7.58. The van der Waals surface area contributed by atoms with Gasteiger partial charge >= 0.3 is 0 Å². The summed E-state index contributed by atoms with van der Waals surface area (Å²) < 4.78 is 5.86. The lowest BCUT2D eigenvalue weighted by Gasteiger charge is -2.12. The van der Waals surface area contributed by atoms with Gasteiger partial charge in [-0.2, -0.15) is 0 Å². The third-order valence-corrected chi connectivity index (χ3v) is 5.45. The Morgan fingerprint density at radius 1 is 0.969 bits per heavy atom. The summed E-state index contributed by atoms with van der Waals surface area (Å²) in [4.78, 5) is 35.9. The Morgan fingerprint density at radius 2 is 1.66 bits per heavy atom. The number of anilines is 1. The first-order valence-electron chi connectivity index (χ1n) is 10.2. The molecule has 1 aliphatic rings. The predicted molar refractivity (Wildman–Crippen MR) is 122 cm³/mol. The molecule has 0 radical (unpaired) electrons. The maximum Gasteiger partial charge on any atom is 0.259 e. The number of para-hydroxylation sites is 1. The summed E-state index contributed by atoms with van der Waals surface area (Å²) in [7, 11) is 0. The number of hydrogen-bond donors (Lipinski definition) is 2. The van der Waals surface area contributed by atoms with Crippen molar-refractivity contribution in [2.45, 2.75) is 19.4 Å². The first-order valence-corrected chi connectivity index (χ1v) is 10.6. The van der Waals surface area contributed by atoms with Gasteiger partial charge in [-0.05, 0) is 53.9 Å². The molecule has 7 heteroatoms. The lowest BCUT2D eigenvalue weighted by Crippen LogP contribution is -2.22. The van der Waals surface area contributed by atoms with Gasteiger partial charge in [-0.25, -0.2) is 0 Å². The highest BCUT2D eigenvalue weighted by atomic mass is 35.5. The Labute approximate surface area is 190 Å². The van der Waals surface area contributed by atoms with Crippen LogP contribution in [0.5, 0.6) is 5.75 Å². The number of carbonyl (C=O) groups excluding carboxylic acids is 3. The molecule has 3 amide bonds. The van der Waals surface area contributed by atoms with Crippen molar-refractivity contribution in [3.8, 4) is 5.75 Å². The highest BCUT2D eigenvalue weighted by molar-refractivity contribution is 6.30. The van der Waals surface area contributed by atoms with Crippen LogP contribution in [0.25, 0.3) is 0 Å². The van der Waals surface area contributed by atoms with Crippen LogP contribution < -0.4 is 15.4 Å². The second kappa shape index (κ2) is 9.66. The van der Waals surface area contributed by atoms with Gasteiger partial charge in [-0.15, -0.1) is 0 Å². The monoisotopic (exact) mass is 448 g/mol. The topological polar surface area (TPSA) is 84.5 Å². The number of carbonyl (C=O) groups is 3. The average molecular weight is 449 g/mol. The first-order chi connectivity index (χ1) is 15.5. The molecule has 4 rings (SSSR count). The zero-order chi connectivity index (χ0) is 22.5. The Bertz CT molecular complexity index is 1140. The van der Waals surface area contributed by atoms with Gasteiger partial charge in [0.15, 0.2) is 0 Å². The van der Waals surface area contributed by atoms with Crippen molar-refractivity contribution in [2.75, 3.05) is 5.32 Å². The molecular weight excluding hydrogens is 428 g/mol. The number of imide groups is 1. The maximum atomic E-state index is 12.8. The smallest absolute Gasteiger partial charge is 0.259 e. The summed E-state index contributed by atoms with van der Waals surface area (Å²) in [5.74, 6) is -0.616. The molecule has 6 nitrogen and oxygen atoms in total. The Morgan fingerprint density at radius 3 is 2.34 bits per heavy atom. The van der Waals surface area contributed by atoms with E-state index < -0.39 is 0 Å². The lowest BCUT2D eigenvalue weighted by molar-refractivity contribution is -0.125. The van der Waals surface area contributed by atoms with Gasteiger partial charge in [0.2, 0.25) is 11.8 Å². The van der Waals surface area contributed by atoms with Crippen LogP contribution >= 0.6 is 11.6 Å². The van der Waals surface area contributed by atoms with Crippen molar-refractivity contribution < 1.29 is 19.1 Å². The van der Waals surface area contributed by atoms with Crippen LogP contribution in [0, 0.1) is 5.92 Å². The summed E-state index contributed by atoms with van der Waals surface area (Å²) in [6.07, 6.45) is 0.692. The molecule has 162 valence electrons. The lowest BCUT2D eigenvalue weighted by atomic mass is 9.98. The quantitative estimate of drug-likeness (QED) is 0.525. The van der Waals surface area contributed by atoms with Crippen molar-refractivity contribution in [3.05, 3.63) is 94.5 Å². The van der Waals surface area contributed by atoms with E-state index in [9.17, 15) is 14.4 Å². The molecule has 32 heavy (non-hydrogen) atoms. The minimum atomic E-state index is -0.340. The van der Waals surface area contributed by atoms with Gasteiger partial charge < -0.3 is 10.1 Å². The Hall–Kier alpha value is -3.64. The molecular formula is C25H21ClN2O4. The van der Waals surface area contributed by atoms with Gasteiger partial charge in [0.25, 0.3) is 5.91 Å². The van der Waals surface area contributed by atoms with E-state index in [2.05, 4.69) is 10.6 Å². The number of halogens is 1. The molecule has 1 heterocycles. The molecule has 3 aromatic rings.